The number of carbonyl (C=O) groups excluding carboxylic acids is 3. The van der Waals surface area contributed by atoms with Gasteiger partial charge in [-0.25, -0.2) is 9.69 Å². The van der Waals surface area contributed by atoms with Crippen molar-refractivity contribution < 1.29 is 14.4 Å². The number of benzene rings is 2. The average Bonchev–Trinajstić information content (AvgIpc) is 2.99. The lowest BCUT2D eigenvalue weighted by molar-refractivity contribution is -0.122. The third-order valence-electron chi connectivity index (χ3n) is 6.09. The Balaban J connectivity index is 1.82. The van der Waals surface area contributed by atoms with Gasteiger partial charge in [-0.3, -0.25) is 14.9 Å². The molecule has 1 fully saturated rings. The molecule has 1 aromatic heterocycles. The van der Waals surface area contributed by atoms with Gasteiger partial charge < -0.3 is 4.57 Å². The average molecular weight is 442 g/mol. The van der Waals surface area contributed by atoms with Crippen molar-refractivity contribution >= 4 is 29.6 Å². The zero-order valence-corrected chi connectivity index (χ0v) is 19.7. The van der Waals surface area contributed by atoms with Crippen molar-refractivity contribution in [3.63, 3.8) is 0 Å². The molecule has 6 nitrogen and oxygen atoms in total. The molecule has 2 heterocycles. The second-order valence-corrected chi connectivity index (χ2v) is 8.65. The van der Waals surface area contributed by atoms with Gasteiger partial charge in [0.2, 0.25) is 0 Å². The number of rotatable bonds is 3. The van der Waals surface area contributed by atoms with Crippen LogP contribution in [0.15, 0.2) is 48.0 Å². The molecule has 0 aliphatic carbocycles. The van der Waals surface area contributed by atoms with Gasteiger partial charge in [0.05, 0.1) is 11.4 Å². The van der Waals surface area contributed by atoms with Gasteiger partial charge in [-0.1, -0.05) is 35.9 Å². The lowest BCUT2D eigenvalue weighted by Crippen LogP contribution is -2.54. The van der Waals surface area contributed by atoms with E-state index in [2.05, 4.69) is 42.8 Å². The highest BCUT2D eigenvalue weighted by molar-refractivity contribution is 6.39. The topological polar surface area (TPSA) is 71.4 Å². The number of nitrogens with zero attached hydrogens (tertiary/aromatic N) is 2. The summed E-state index contributed by atoms with van der Waals surface area (Å²) in [5.41, 5.74) is 8.39. The molecule has 3 aromatic rings. The summed E-state index contributed by atoms with van der Waals surface area (Å²) in [6.45, 7) is 12.0. The molecule has 6 heteroatoms. The SMILES string of the molecule is Cc1cc(C)c(-n2c(C)cc(/C=C3\C(=O)NC(=O)N(c4ccccc4C)C3=O)c2C)c(C)c1. The lowest BCUT2D eigenvalue weighted by Gasteiger charge is -2.27. The highest BCUT2D eigenvalue weighted by Crippen LogP contribution is 2.30. The number of carbonyl (C=O) groups is 3. The number of nitrogens with one attached hydrogen (secondary N) is 1. The van der Waals surface area contributed by atoms with Crippen LogP contribution < -0.4 is 10.2 Å². The molecule has 0 unspecified atom stereocenters. The van der Waals surface area contributed by atoms with Crippen molar-refractivity contribution in [2.75, 3.05) is 4.90 Å². The number of barbiturate groups is 1. The summed E-state index contributed by atoms with van der Waals surface area (Å²) in [5, 5.41) is 2.30. The fourth-order valence-corrected chi connectivity index (χ4v) is 4.65. The molecular weight excluding hydrogens is 414 g/mol. The summed E-state index contributed by atoms with van der Waals surface area (Å²) in [6.07, 6.45) is 1.58. The van der Waals surface area contributed by atoms with E-state index in [0.717, 1.165) is 44.2 Å². The Morgan fingerprint density at radius 1 is 0.818 bits per heavy atom. The molecular formula is C27H27N3O3. The van der Waals surface area contributed by atoms with Gasteiger partial charge in [0.25, 0.3) is 11.8 Å². The summed E-state index contributed by atoms with van der Waals surface area (Å²) >= 11 is 0. The fourth-order valence-electron chi connectivity index (χ4n) is 4.65. The number of hydrogen-bond acceptors (Lipinski definition) is 3. The number of aryl methyl sites for hydroxylation is 5. The van der Waals surface area contributed by atoms with Gasteiger partial charge >= 0.3 is 6.03 Å². The molecule has 33 heavy (non-hydrogen) atoms. The maximum atomic E-state index is 13.3. The van der Waals surface area contributed by atoms with Crippen molar-refractivity contribution in [3.8, 4) is 5.69 Å². The minimum absolute atomic E-state index is 0.0737. The quantitative estimate of drug-likeness (QED) is 0.460. The van der Waals surface area contributed by atoms with Crippen LogP contribution in [0, 0.1) is 41.5 Å². The Kier molecular flexibility index (Phi) is 5.54. The minimum Gasteiger partial charge on any atom is -0.317 e. The Labute approximate surface area is 193 Å². The van der Waals surface area contributed by atoms with Crippen LogP contribution >= 0.6 is 0 Å². The lowest BCUT2D eigenvalue weighted by atomic mass is 10.0. The predicted octanol–water partition coefficient (Wildman–Crippen LogP) is 4.99. The van der Waals surface area contributed by atoms with Crippen molar-refractivity contribution in [1.82, 2.24) is 9.88 Å². The summed E-state index contributed by atoms with van der Waals surface area (Å²) in [6, 6.07) is 12.6. The van der Waals surface area contributed by atoms with E-state index in [4.69, 9.17) is 0 Å². The summed E-state index contributed by atoms with van der Waals surface area (Å²) in [7, 11) is 0. The van der Waals surface area contributed by atoms with Crippen LogP contribution in [0.5, 0.6) is 0 Å². The smallest absolute Gasteiger partial charge is 0.317 e. The summed E-state index contributed by atoms with van der Waals surface area (Å²) in [4.78, 5) is 39.5. The van der Waals surface area contributed by atoms with E-state index in [9.17, 15) is 14.4 Å². The van der Waals surface area contributed by atoms with Gasteiger partial charge in [-0.2, -0.15) is 0 Å². The molecule has 1 saturated heterocycles. The first-order valence-electron chi connectivity index (χ1n) is 10.8. The maximum absolute atomic E-state index is 13.3. The van der Waals surface area contributed by atoms with Crippen LogP contribution in [-0.2, 0) is 9.59 Å². The molecule has 0 saturated carbocycles. The highest BCUT2D eigenvalue weighted by Gasteiger charge is 2.37. The molecule has 0 spiro atoms. The van der Waals surface area contributed by atoms with Crippen molar-refractivity contribution in [2.45, 2.75) is 41.5 Å². The van der Waals surface area contributed by atoms with Crippen LogP contribution in [0.3, 0.4) is 0 Å². The molecule has 0 atom stereocenters. The van der Waals surface area contributed by atoms with Crippen molar-refractivity contribution in [3.05, 3.63) is 87.2 Å². The number of anilines is 1. The normalized spacial score (nSPS) is 15.4. The van der Waals surface area contributed by atoms with E-state index in [-0.39, 0.29) is 5.57 Å². The first-order valence-corrected chi connectivity index (χ1v) is 10.8. The van der Waals surface area contributed by atoms with Gasteiger partial charge in [0, 0.05) is 11.4 Å². The van der Waals surface area contributed by atoms with Crippen LogP contribution in [-0.4, -0.2) is 22.4 Å². The number of urea groups is 1. The van der Waals surface area contributed by atoms with E-state index in [1.807, 2.05) is 39.0 Å². The highest BCUT2D eigenvalue weighted by atomic mass is 16.2. The molecule has 0 bridgehead atoms. The number of para-hydroxylation sites is 1. The Bertz CT molecular complexity index is 1340. The Hall–Kier alpha value is -3.93. The Morgan fingerprint density at radius 3 is 2.09 bits per heavy atom. The van der Waals surface area contributed by atoms with Gasteiger partial charge in [0.1, 0.15) is 5.57 Å². The zero-order valence-electron chi connectivity index (χ0n) is 19.7. The molecule has 4 rings (SSSR count). The summed E-state index contributed by atoms with van der Waals surface area (Å²) < 4.78 is 2.14. The summed E-state index contributed by atoms with van der Waals surface area (Å²) in [5.74, 6) is -1.33. The van der Waals surface area contributed by atoms with Crippen LogP contribution in [0.25, 0.3) is 11.8 Å². The zero-order chi connectivity index (χ0) is 24.0. The molecule has 0 radical (unpaired) electrons. The number of aromatic nitrogens is 1. The fraction of sp³-hybridized carbons (Fsp3) is 0.222. The van der Waals surface area contributed by atoms with E-state index in [1.54, 1.807) is 18.2 Å². The standard InChI is InChI=1S/C27H27N3O3/c1-15-11-17(3)24(18(4)12-15)29-19(5)13-21(20(29)6)14-22-25(31)28-27(33)30(26(22)32)23-10-8-7-9-16(23)2/h7-14H,1-6H3,(H,28,31,33)/b22-14+. The van der Waals surface area contributed by atoms with E-state index in [1.165, 1.54) is 5.56 Å². The monoisotopic (exact) mass is 441 g/mol. The van der Waals surface area contributed by atoms with E-state index >= 15 is 0 Å². The first kappa shape index (κ1) is 22.3. The maximum Gasteiger partial charge on any atom is 0.335 e. The number of amides is 4. The van der Waals surface area contributed by atoms with Crippen LogP contribution in [0.4, 0.5) is 10.5 Å². The molecule has 1 aliphatic heterocycles. The number of imide groups is 2. The van der Waals surface area contributed by atoms with Crippen molar-refractivity contribution in [1.29, 1.82) is 0 Å². The van der Waals surface area contributed by atoms with E-state index < -0.39 is 17.8 Å². The third kappa shape index (κ3) is 3.78. The van der Waals surface area contributed by atoms with Gasteiger partial charge in [0.15, 0.2) is 0 Å². The Morgan fingerprint density at radius 2 is 1.45 bits per heavy atom. The molecule has 1 aliphatic rings. The van der Waals surface area contributed by atoms with Crippen LogP contribution in [0.2, 0.25) is 0 Å². The van der Waals surface area contributed by atoms with Crippen LogP contribution in [0.1, 0.15) is 39.2 Å². The largest absolute Gasteiger partial charge is 0.335 e. The molecule has 2 aromatic carbocycles. The third-order valence-corrected chi connectivity index (χ3v) is 6.09. The molecule has 168 valence electrons. The second kappa shape index (κ2) is 8.20. The van der Waals surface area contributed by atoms with E-state index in [0.29, 0.717) is 5.69 Å². The molecule has 1 N–H and O–H groups in total. The van der Waals surface area contributed by atoms with Gasteiger partial charge in [-0.15, -0.1) is 0 Å². The number of hydrogen-bond donors (Lipinski definition) is 1. The predicted molar refractivity (Wildman–Crippen MR) is 130 cm³/mol. The first-order chi connectivity index (χ1) is 15.6. The molecule has 4 amide bonds. The minimum atomic E-state index is -0.743. The van der Waals surface area contributed by atoms with Crippen molar-refractivity contribution in [2.24, 2.45) is 0 Å². The second-order valence-electron chi connectivity index (χ2n) is 8.65. The van der Waals surface area contributed by atoms with Gasteiger partial charge in [-0.05, 0) is 82.0 Å².